The van der Waals surface area contributed by atoms with E-state index in [4.69, 9.17) is 9.47 Å². The van der Waals surface area contributed by atoms with Crippen molar-refractivity contribution in [2.45, 2.75) is 154 Å². The second-order valence-corrected chi connectivity index (χ2v) is 12.2. The Labute approximate surface area is 259 Å². The Bertz CT molecular complexity index is 650. The molecule has 0 saturated heterocycles. The lowest BCUT2D eigenvalue weighted by Crippen LogP contribution is -2.41. The number of phenolic OH excluding ortho intramolecular Hbond substituents is 1. The second kappa shape index (κ2) is 28.4. The lowest BCUT2D eigenvalue weighted by molar-refractivity contribution is 0.0284. The van der Waals surface area contributed by atoms with Crippen LogP contribution in [0.15, 0.2) is 24.3 Å². The number of aliphatic hydroxyl groups is 2. The van der Waals surface area contributed by atoms with Crippen molar-refractivity contribution in [3.05, 3.63) is 24.3 Å². The molecule has 1 aromatic rings. The molecule has 0 saturated carbocycles. The van der Waals surface area contributed by atoms with E-state index < -0.39 is 12.2 Å². The van der Waals surface area contributed by atoms with Crippen molar-refractivity contribution in [2.75, 3.05) is 44.4 Å². The van der Waals surface area contributed by atoms with Crippen molar-refractivity contribution in [1.82, 2.24) is 0 Å². The summed E-state index contributed by atoms with van der Waals surface area (Å²) >= 11 is 0. The van der Waals surface area contributed by atoms with Gasteiger partial charge in [0.1, 0.15) is 5.75 Å². The molecule has 42 heavy (non-hydrogen) atoms. The molecular weight excluding hydrogens is 526 g/mol. The first-order valence-corrected chi connectivity index (χ1v) is 17.6. The first-order chi connectivity index (χ1) is 20.6. The summed E-state index contributed by atoms with van der Waals surface area (Å²) in [6, 6.07) is 6.88. The fourth-order valence-corrected chi connectivity index (χ4v) is 5.38. The Balaban J connectivity index is 2.20. The monoisotopic (exact) mass is 594 g/mol. The third-order valence-corrected chi connectivity index (χ3v) is 7.98. The van der Waals surface area contributed by atoms with Crippen LogP contribution >= 0.6 is 0 Å². The van der Waals surface area contributed by atoms with Gasteiger partial charge < -0.3 is 29.7 Å². The molecule has 1 rings (SSSR count). The summed E-state index contributed by atoms with van der Waals surface area (Å²) in [5, 5.41) is 31.0. The van der Waals surface area contributed by atoms with Gasteiger partial charge in [0, 0.05) is 32.0 Å². The molecule has 0 aliphatic heterocycles. The van der Waals surface area contributed by atoms with E-state index in [1.165, 1.54) is 116 Å². The fourth-order valence-electron chi connectivity index (χ4n) is 5.38. The summed E-state index contributed by atoms with van der Waals surface area (Å²) in [7, 11) is 0. The molecule has 246 valence electrons. The van der Waals surface area contributed by atoms with Crippen LogP contribution in [0.2, 0.25) is 0 Å². The number of benzene rings is 1. The molecule has 1 aromatic carbocycles. The van der Waals surface area contributed by atoms with E-state index in [2.05, 4.69) is 13.8 Å². The van der Waals surface area contributed by atoms with Crippen molar-refractivity contribution in [3.8, 4) is 5.75 Å². The normalized spacial score (nSPS) is 13.0. The third-order valence-electron chi connectivity index (χ3n) is 7.98. The van der Waals surface area contributed by atoms with Crippen LogP contribution in [0.5, 0.6) is 5.75 Å². The zero-order chi connectivity index (χ0) is 30.5. The molecule has 0 aliphatic rings. The van der Waals surface area contributed by atoms with E-state index in [9.17, 15) is 15.3 Å². The Morgan fingerprint density at radius 3 is 1.21 bits per heavy atom. The van der Waals surface area contributed by atoms with Crippen LogP contribution in [0.25, 0.3) is 0 Å². The highest BCUT2D eigenvalue weighted by atomic mass is 16.5. The molecule has 0 aliphatic carbocycles. The summed E-state index contributed by atoms with van der Waals surface area (Å²) in [5.74, 6) is 0.194. The van der Waals surface area contributed by atoms with Gasteiger partial charge in [-0.05, 0) is 37.1 Å². The van der Waals surface area contributed by atoms with Gasteiger partial charge in [-0.3, -0.25) is 0 Å². The largest absolute Gasteiger partial charge is 0.508 e. The highest BCUT2D eigenvalue weighted by molar-refractivity contribution is 5.49. The number of ether oxygens (including phenoxy) is 2. The average molecular weight is 594 g/mol. The predicted octanol–water partition coefficient (Wildman–Crippen LogP) is 8.80. The number of phenols is 1. The van der Waals surface area contributed by atoms with Crippen LogP contribution in [-0.4, -0.2) is 67.0 Å². The smallest absolute Gasteiger partial charge is 0.115 e. The molecule has 0 spiro atoms. The maximum absolute atomic E-state index is 10.7. The van der Waals surface area contributed by atoms with Gasteiger partial charge >= 0.3 is 0 Å². The highest BCUT2D eigenvalue weighted by Gasteiger charge is 2.17. The number of nitrogens with zero attached hydrogens (tertiary/aromatic N) is 1. The van der Waals surface area contributed by atoms with Gasteiger partial charge in [0.25, 0.3) is 0 Å². The molecule has 2 atom stereocenters. The van der Waals surface area contributed by atoms with Crippen LogP contribution < -0.4 is 4.90 Å². The van der Waals surface area contributed by atoms with E-state index >= 15 is 0 Å². The summed E-state index contributed by atoms with van der Waals surface area (Å²) in [6.45, 7) is 7.10. The molecular formula is C36H67NO5. The number of aliphatic hydroxyl groups excluding tert-OH is 2. The first-order valence-electron chi connectivity index (χ1n) is 17.6. The molecule has 0 radical (unpaired) electrons. The van der Waals surface area contributed by atoms with E-state index in [0.29, 0.717) is 26.3 Å². The minimum Gasteiger partial charge on any atom is -0.508 e. The summed E-state index contributed by atoms with van der Waals surface area (Å²) in [4.78, 5) is 1.95. The molecule has 2 unspecified atom stereocenters. The maximum atomic E-state index is 10.7. The van der Waals surface area contributed by atoms with E-state index in [1.54, 1.807) is 12.1 Å². The molecule has 3 N–H and O–H groups in total. The van der Waals surface area contributed by atoms with Gasteiger partial charge in [0.05, 0.1) is 25.4 Å². The molecule has 0 aromatic heterocycles. The van der Waals surface area contributed by atoms with Crippen LogP contribution in [0.3, 0.4) is 0 Å². The van der Waals surface area contributed by atoms with Crippen molar-refractivity contribution < 1.29 is 24.8 Å². The number of rotatable bonds is 31. The Kier molecular flexibility index (Phi) is 26.2. The number of hydrogen-bond acceptors (Lipinski definition) is 6. The van der Waals surface area contributed by atoms with Gasteiger partial charge in [-0.1, -0.05) is 129 Å². The van der Waals surface area contributed by atoms with E-state index in [-0.39, 0.29) is 19.0 Å². The fraction of sp³-hybridized carbons (Fsp3) is 0.833. The summed E-state index contributed by atoms with van der Waals surface area (Å²) < 4.78 is 11.5. The van der Waals surface area contributed by atoms with Crippen LogP contribution in [0.4, 0.5) is 5.69 Å². The topological polar surface area (TPSA) is 82.4 Å². The SMILES string of the molecule is CCCCCCCCCCCCOCC(O)CN(CC(O)COCCCCCCCCCCCC)c1ccc(O)cc1. The molecule has 0 fully saturated rings. The Morgan fingerprint density at radius 1 is 0.524 bits per heavy atom. The van der Waals surface area contributed by atoms with Gasteiger partial charge in [-0.25, -0.2) is 0 Å². The molecule has 0 bridgehead atoms. The maximum Gasteiger partial charge on any atom is 0.115 e. The summed E-state index contributed by atoms with van der Waals surface area (Å²) in [6.07, 6.45) is 24.5. The van der Waals surface area contributed by atoms with Crippen molar-refractivity contribution in [2.24, 2.45) is 0 Å². The zero-order valence-electron chi connectivity index (χ0n) is 27.5. The summed E-state index contributed by atoms with van der Waals surface area (Å²) in [5.41, 5.74) is 0.843. The van der Waals surface area contributed by atoms with Crippen molar-refractivity contribution in [1.29, 1.82) is 0 Å². The number of hydrogen-bond donors (Lipinski definition) is 3. The number of anilines is 1. The molecule has 6 nitrogen and oxygen atoms in total. The number of aromatic hydroxyl groups is 1. The minimum atomic E-state index is -0.665. The Hall–Kier alpha value is -1.34. The molecule has 0 heterocycles. The second-order valence-electron chi connectivity index (χ2n) is 12.2. The van der Waals surface area contributed by atoms with Crippen molar-refractivity contribution in [3.63, 3.8) is 0 Å². The predicted molar refractivity (Wildman–Crippen MR) is 178 cm³/mol. The Morgan fingerprint density at radius 2 is 0.857 bits per heavy atom. The van der Waals surface area contributed by atoms with Crippen LogP contribution in [0, 0.1) is 0 Å². The van der Waals surface area contributed by atoms with Crippen LogP contribution in [-0.2, 0) is 9.47 Å². The number of unbranched alkanes of at least 4 members (excludes halogenated alkanes) is 18. The third kappa shape index (κ3) is 23.2. The standard InChI is InChI=1S/C36H67NO5/c1-3-5-7-9-11-13-15-17-19-21-27-41-31-35(39)29-37(33-23-25-34(38)26-24-33)30-36(40)32-42-28-22-20-18-16-14-12-10-8-6-4-2/h23-26,35-36,38-40H,3-22,27-32H2,1-2H3. The lowest BCUT2D eigenvalue weighted by atomic mass is 10.1. The average Bonchev–Trinajstić information content (AvgIpc) is 2.98. The minimum absolute atomic E-state index is 0.194. The van der Waals surface area contributed by atoms with Crippen LogP contribution in [0.1, 0.15) is 142 Å². The lowest BCUT2D eigenvalue weighted by Gasteiger charge is -2.29. The van der Waals surface area contributed by atoms with Crippen molar-refractivity contribution >= 4 is 5.69 Å². The van der Waals surface area contributed by atoms with E-state index in [0.717, 1.165) is 18.5 Å². The quantitative estimate of drug-likeness (QED) is 0.0747. The zero-order valence-corrected chi connectivity index (χ0v) is 27.5. The van der Waals surface area contributed by atoms with Gasteiger partial charge in [0.15, 0.2) is 0 Å². The highest BCUT2D eigenvalue weighted by Crippen LogP contribution is 2.19. The molecule has 0 amide bonds. The first kappa shape index (κ1) is 38.7. The van der Waals surface area contributed by atoms with Gasteiger partial charge in [0.2, 0.25) is 0 Å². The van der Waals surface area contributed by atoms with Gasteiger partial charge in [-0.15, -0.1) is 0 Å². The molecule has 6 heteroatoms. The van der Waals surface area contributed by atoms with E-state index in [1.807, 2.05) is 17.0 Å². The van der Waals surface area contributed by atoms with Gasteiger partial charge in [-0.2, -0.15) is 0 Å².